The summed E-state index contributed by atoms with van der Waals surface area (Å²) in [6.07, 6.45) is 0. The average Bonchev–Trinajstić information content (AvgIpc) is 2.90. The normalized spacial score (nSPS) is 11.4. The lowest BCUT2D eigenvalue weighted by Gasteiger charge is -2.18. The number of carbonyl (C=O) groups is 3. The van der Waals surface area contributed by atoms with Gasteiger partial charge in [-0.1, -0.05) is 71.7 Å². The summed E-state index contributed by atoms with van der Waals surface area (Å²) in [6, 6.07) is 27.2. The van der Waals surface area contributed by atoms with E-state index in [1.165, 1.54) is 23.9 Å². The van der Waals surface area contributed by atoms with Crippen LogP contribution in [0.4, 0.5) is 11.4 Å². The third-order valence-corrected chi connectivity index (χ3v) is 7.26. The van der Waals surface area contributed by atoms with E-state index in [2.05, 4.69) is 10.6 Å². The first-order chi connectivity index (χ1) is 17.8. The fourth-order valence-corrected chi connectivity index (χ4v) is 4.91. The zero-order chi connectivity index (χ0) is 26.4. The number of nitrogens with one attached hydrogen (secondary N) is 2. The molecule has 186 valence electrons. The Balaban J connectivity index is 1.56. The lowest BCUT2D eigenvalue weighted by Crippen LogP contribution is -2.19. The minimum Gasteiger partial charge on any atom is -0.478 e. The lowest BCUT2D eigenvalue weighted by molar-refractivity contribution is -0.115. The van der Waals surface area contributed by atoms with Crippen LogP contribution in [0.1, 0.15) is 31.5 Å². The minimum absolute atomic E-state index is 0.0521. The van der Waals surface area contributed by atoms with E-state index >= 15 is 0 Å². The Labute approximate surface area is 227 Å². The third kappa shape index (κ3) is 6.71. The molecule has 0 radical (unpaired) electrons. The summed E-state index contributed by atoms with van der Waals surface area (Å²) >= 11 is 13.4. The van der Waals surface area contributed by atoms with Gasteiger partial charge >= 0.3 is 5.97 Å². The molecule has 1 unspecified atom stereocenters. The first kappa shape index (κ1) is 26.3. The van der Waals surface area contributed by atoms with Gasteiger partial charge in [-0.3, -0.25) is 9.59 Å². The Morgan fingerprint density at radius 2 is 1.38 bits per heavy atom. The summed E-state index contributed by atoms with van der Waals surface area (Å²) < 4.78 is 0. The van der Waals surface area contributed by atoms with Gasteiger partial charge in [0.1, 0.15) is 5.25 Å². The summed E-state index contributed by atoms with van der Waals surface area (Å²) in [5, 5.41) is 15.1. The Bertz CT molecular complexity index is 1460. The van der Waals surface area contributed by atoms with E-state index in [0.29, 0.717) is 21.4 Å². The Morgan fingerprint density at radius 1 is 0.703 bits per heavy atom. The van der Waals surface area contributed by atoms with Crippen molar-refractivity contribution in [2.75, 3.05) is 10.6 Å². The number of halogens is 2. The molecule has 6 nitrogen and oxygen atoms in total. The van der Waals surface area contributed by atoms with E-state index in [1.54, 1.807) is 48.5 Å². The summed E-state index contributed by atoms with van der Waals surface area (Å²) in [4.78, 5) is 38.3. The van der Waals surface area contributed by atoms with Gasteiger partial charge in [0.2, 0.25) is 5.91 Å². The molecule has 1 atom stereocenters. The number of anilines is 2. The molecule has 3 N–H and O–H groups in total. The van der Waals surface area contributed by atoms with Crippen LogP contribution in [0, 0.1) is 0 Å². The first-order valence-corrected chi connectivity index (χ1v) is 12.7. The van der Waals surface area contributed by atoms with Crippen molar-refractivity contribution in [3.63, 3.8) is 0 Å². The molecule has 37 heavy (non-hydrogen) atoms. The minimum atomic E-state index is -1.19. The molecule has 0 saturated carbocycles. The maximum Gasteiger partial charge on any atom is 0.336 e. The monoisotopic (exact) mass is 550 g/mol. The molecule has 9 heteroatoms. The highest BCUT2D eigenvalue weighted by molar-refractivity contribution is 8.00. The Morgan fingerprint density at radius 3 is 2.08 bits per heavy atom. The average molecular weight is 551 g/mol. The van der Waals surface area contributed by atoms with Gasteiger partial charge in [-0.2, -0.15) is 0 Å². The van der Waals surface area contributed by atoms with Crippen molar-refractivity contribution in [3.05, 3.63) is 124 Å². The van der Waals surface area contributed by atoms with Crippen molar-refractivity contribution in [2.24, 2.45) is 0 Å². The molecule has 0 spiro atoms. The number of carboxylic acids is 1. The number of hydrogen-bond acceptors (Lipinski definition) is 4. The number of hydrogen-bond donors (Lipinski definition) is 3. The van der Waals surface area contributed by atoms with Crippen molar-refractivity contribution >= 4 is 64.1 Å². The van der Waals surface area contributed by atoms with Crippen molar-refractivity contribution < 1.29 is 19.5 Å². The number of rotatable bonds is 8. The Hall–Kier alpha value is -3.78. The van der Waals surface area contributed by atoms with E-state index in [9.17, 15) is 19.5 Å². The van der Waals surface area contributed by atoms with Gasteiger partial charge in [0, 0.05) is 16.3 Å². The number of thioether (sulfide) groups is 1. The van der Waals surface area contributed by atoms with Gasteiger partial charge in [-0.15, -0.1) is 11.8 Å². The predicted molar refractivity (Wildman–Crippen MR) is 148 cm³/mol. The van der Waals surface area contributed by atoms with Crippen LogP contribution in [0.25, 0.3) is 0 Å². The predicted octanol–water partition coefficient (Wildman–Crippen LogP) is 7.42. The molecule has 0 fully saturated rings. The topological polar surface area (TPSA) is 95.5 Å². The van der Waals surface area contributed by atoms with Crippen molar-refractivity contribution in [2.45, 2.75) is 10.1 Å². The van der Waals surface area contributed by atoms with E-state index < -0.39 is 17.1 Å². The largest absolute Gasteiger partial charge is 0.478 e. The van der Waals surface area contributed by atoms with Gasteiger partial charge in [0.25, 0.3) is 5.91 Å². The first-order valence-electron chi connectivity index (χ1n) is 11.0. The molecule has 0 aliphatic rings. The van der Waals surface area contributed by atoms with Crippen LogP contribution in [0.15, 0.2) is 102 Å². The lowest BCUT2D eigenvalue weighted by atomic mass is 10.1. The molecule has 0 aliphatic carbocycles. The standard InChI is InChI=1S/C28H20Cl2N2O4S/c29-23-14-13-19(16-24(23)30)32-27(34)25(17-7-2-1-3-8-17)37-20-10-6-9-18(15-20)31-26(33)21-11-4-5-12-22(21)28(35)36/h1-16,25H,(H,31,33)(H,32,34)(H,35,36). The second kappa shape index (κ2) is 12.0. The van der Waals surface area contributed by atoms with Gasteiger partial charge < -0.3 is 15.7 Å². The van der Waals surface area contributed by atoms with Crippen LogP contribution in [-0.4, -0.2) is 22.9 Å². The van der Waals surface area contributed by atoms with Gasteiger partial charge in [0.05, 0.1) is 21.2 Å². The highest BCUT2D eigenvalue weighted by Gasteiger charge is 2.23. The van der Waals surface area contributed by atoms with Crippen molar-refractivity contribution in [1.29, 1.82) is 0 Å². The smallest absolute Gasteiger partial charge is 0.336 e. The SMILES string of the molecule is O=C(O)c1ccccc1C(=O)Nc1cccc(SC(C(=O)Nc2ccc(Cl)c(Cl)c2)c2ccccc2)c1. The molecule has 0 bridgehead atoms. The quantitative estimate of drug-likeness (QED) is 0.198. The van der Waals surface area contributed by atoms with Crippen LogP contribution in [0.3, 0.4) is 0 Å². The molecular formula is C28H20Cl2N2O4S. The summed E-state index contributed by atoms with van der Waals surface area (Å²) in [5.74, 6) is -2.00. The highest BCUT2D eigenvalue weighted by Crippen LogP contribution is 2.37. The van der Waals surface area contributed by atoms with Crippen LogP contribution in [0.5, 0.6) is 0 Å². The van der Waals surface area contributed by atoms with E-state index in [1.807, 2.05) is 36.4 Å². The number of aromatic carboxylic acids is 1. The van der Waals surface area contributed by atoms with Gasteiger partial charge in [-0.05, 0) is 54.1 Å². The second-order valence-electron chi connectivity index (χ2n) is 7.86. The molecule has 0 aromatic heterocycles. The third-order valence-electron chi connectivity index (χ3n) is 5.28. The van der Waals surface area contributed by atoms with Gasteiger partial charge in [-0.25, -0.2) is 4.79 Å². The molecule has 0 saturated heterocycles. The number of carboxylic acid groups (broad SMARTS) is 1. The van der Waals surface area contributed by atoms with Crippen LogP contribution >= 0.6 is 35.0 Å². The molecule has 0 heterocycles. The zero-order valence-corrected chi connectivity index (χ0v) is 21.5. The van der Waals surface area contributed by atoms with E-state index in [0.717, 1.165) is 10.5 Å². The van der Waals surface area contributed by atoms with E-state index in [-0.39, 0.29) is 17.0 Å². The van der Waals surface area contributed by atoms with Crippen molar-refractivity contribution in [3.8, 4) is 0 Å². The fourth-order valence-electron chi connectivity index (χ4n) is 3.53. The molecule has 2 amide bonds. The molecule has 4 rings (SSSR count). The molecule has 4 aromatic carbocycles. The zero-order valence-electron chi connectivity index (χ0n) is 19.2. The summed E-state index contributed by atoms with van der Waals surface area (Å²) in [5.41, 5.74) is 1.73. The van der Waals surface area contributed by atoms with Crippen LogP contribution in [-0.2, 0) is 4.79 Å². The van der Waals surface area contributed by atoms with Crippen molar-refractivity contribution in [1.82, 2.24) is 0 Å². The highest BCUT2D eigenvalue weighted by atomic mass is 35.5. The second-order valence-corrected chi connectivity index (χ2v) is 9.85. The number of amides is 2. The number of carbonyl (C=O) groups excluding carboxylic acids is 2. The maximum absolute atomic E-state index is 13.3. The van der Waals surface area contributed by atoms with Gasteiger partial charge in [0.15, 0.2) is 0 Å². The molecule has 0 aliphatic heterocycles. The molecule has 4 aromatic rings. The van der Waals surface area contributed by atoms with E-state index in [4.69, 9.17) is 23.2 Å². The molecular weight excluding hydrogens is 531 g/mol. The summed E-state index contributed by atoms with van der Waals surface area (Å²) in [6.45, 7) is 0. The van der Waals surface area contributed by atoms with Crippen LogP contribution in [0.2, 0.25) is 10.0 Å². The fraction of sp³-hybridized carbons (Fsp3) is 0.0357. The maximum atomic E-state index is 13.3. The van der Waals surface area contributed by atoms with Crippen LogP contribution < -0.4 is 10.6 Å². The Kier molecular flexibility index (Phi) is 8.50. The number of benzene rings is 4. The summed E-state index contributed by atoms with van der Waals surface area (Å²) in [7, 11) is 0.